The third kappa shape index (κ3) is 3.83. The van der Waals surface area contributed by atoms with Crippen LogP contribution in [-0.2, 0) is 21.1 Å². The van der Waals surface area contributed by atoms with Crippen LogP contribution in [0.5, 0.6) is 11.5 Å². The van der Waals surface area contributed by atoms with E-state index in [9.17, 15) is 0 Å². The molecule has 5 nitrogen and oxygen atoms in total. The normalized spacial score (nSPS) is 11.8. The Kier molecular flexibility index (Phi) is 5.86. The molecule has 0 atom stereocenters. The molecular formula is C38H20N4OPtS. The van der Waals surface area contributed by atoms with E-state index in [1.165, 1.54) is 25.6 Å². The van der Waals surface area contributed by atoms with Crippen LogP contribution in [-0.4, -0.2) is 18.9 Å². The molecule has 0 amide bonds. The summed E-state index contributed by atoms with van der Waals surface area (Å²) in [5.41, 5.74) is 4.87. The third-order valence-electron chi connectivity index (χ3n) is 8.48. The predicted octanol–water partition coefficient (Wildman–Crippen LogP) is 9.89. The Balaban J connectivity index is 0.00000281. The number of para-hydroxylation sites is 1. The first-order valence-corrected chi connectivity index (χ1v) is 15.2. The monoisotopic (exact) mass is 775 g/mol. The number of hydrogen-bond donors (Lipinski definition) is 0. The molecule has 10 rings (SSSR count). The Morgan fingerprint density at radius 1 is 0.600 bits per heavy atom. The summed E-state index contributed by atoms with van der Waals surface area (Å²) >= 11 is 1.82. The molecule has 0 aliphatic heterocycles. The molecule has 0 bridgehead atoms. The number of benzene rings is 5. The van der Waals surface area contributed by atoms with E-state index in [0.29, 0.717) is 11.5 Å². The van der Waals surface area contributed by atoms with E-state index < -0.39 is 0 Å². The number of ether oxygens (including phenoxy) is 1. The first-order chi connectivity index (χ1) is 21.8. The van der Waals surface area contributed by atoms with Crippen LogP contribution in [0.25, 0.3) is 75.1 Å². The molecule has 7 heteroatoms. The summed E-state index contributed by atoms with van der Waals surface area (Å²) < 4.78 is 13.3. The van der Waals surface area contributed by atoms with Gasteiger partial charge in [0.1, 0.15) is 5.65 Å². The van der Waals surface area contributed by atoms with Crippen molar-refractivity contribution in [2.45, 2.75) is 0 Å². The van der Waals surface area contributed by atoms with Crippen LogP contribution in [0.2, 0.25) is 0 Å². The Labute approximate surface area is 275 Å². The quantitative estimate of drug-likeness (QED) is 0.133. The zero-order valence-corrected chi connectivity index (χ0v) is 26.6. The van der Waals surface area contributed by atoms with Crippen molar-refractivity contribution in [2.75, 3.05) is 0 Å². The topological polar surface area (TPSA) is 44.4 Å². The minimum atomic E-state index is 0. The Hall–Kier alpha value is -5.03. The fraction of sp³-hybridized carbons (Fsp3) is 0. The Morgan fingerprint density at radius 2 is 1.38 bits per heavy atom. The van der Waals surface area contributed by atoms with Gasteiger partial charge in [-0.2, -0.15) is 6.07 Å². The van der Waals surface area contributed by atoms with Gasteiger partial charge in [-0.15, -0.1) is 41.7 Å². The Bertz CT molecular complexity index is 2780. The molecule has 0 saturated heterocycles. The number of rotatable bonds is 3. The molecule has 0 fully saturated rings. The zero-order chi connectivity index (χ0) is 28.8. The predicted molar refractivity (Wildman–Crippen MR) is 179 cm³/mol. The van der Waals surface area contributed by atoms with Gasteiger partial charge < -0.3 is 13.7 Å². The van der Waals surface area contributed by atoms with Crippen LogP contribution in [0.4, 0.5) is 0 Å². The summed E-state index contributed by atoms with van der Waals surface area (Å²) in [4.78, 5) is 9.49. The molecule has 5 aromatic carbocycles. The maximum atomic E-state index is 6.44. The number of aromatic nitrogens is 4. The number of pyridine rings is 2. The molecule has 5 aromatic heterocycles. The van der Waals surface area contributed by atoms with E-state index in [1.54, 1.807) is 0 Å². The summed E-state index contributed by atoms with van der Waals surface area (Å²) in [5, 5.41) is 7.96. The smallest absolute Gasteiger partial charge is 0.503 e. The summed E-state index contributed by atoms with van der Waals surface area (Å²) in [6, 6.07) is 42.7. The summed E-state index contributed by atoms with van der Waals surface area (Å²) in [6.45, 7) is 0. The van der Waals surface area contributed by atoms with Crippen LogP contribution < -0.4 is 4.74 Å². The number of hydrogen-bond acceptors (Lipinski definition) is 4. The average Bonchev–Trinajstić information content (AvgIpc) is 3.79. The van der Waals surface area contributed by atoms with Crippen molar-refractivity contribution in [3.05, 3.63) is 134 Å². The van der Waals surface area contributed by atoms with Gasteiger partial charge in [0.15, 0.2) is 0 Å². The molecule has 0 aliphatic carbocycles. The second kappa shape index (κ2) is 10.00. The van der Waals surface area contributed by atoms with Gasteiger partial charge in [-0.25, -0.2) is 4.98 Å². The third-order valence-corrected chi connectivity index (χ3v) is 9.68. The van der Waals surface area contributed by atoms with Gasteiger partial charge in [0.2, 0.25) is 0 Å². The van der Waals surface area contributed by atoms with Crippen molar-refractivity contribution in [2.24, 2.45) is 0 Å². The first-order valence-electron chi connectivity index (χ1n) is 14.4. The van der Waals surface area contributed by atoms with E-state index in [-0.39, 0.29) is 21.1 Å². The standard InChI is InChI=1S/C38H20N4OS.Pt/c1-3-12-33-27(9-1)26-15-14-25(22-32(26)37-40-19-20-41(33)37)43-24-8-5-7-23(21-24)42-35-29(31-11-6-18-39-38(31)42)16-17-30-28-10-2-4-13-34(28)44-36(30)35;/h1-20H;/q-2;+2. The van der Waals surface area contributed by atoms with E-state index in [1.807, 2.05) is 54.2 Å². The van der Waals surface area contributed by atoms with E-state index in [0.717, 1.165) is 49.6 Å². The molecule has 45 heavy (non-hydrogen) atoms. The van der Waals surface area contributed by atoms with Gasteiger partial charge in [-0.3, -0.25) is 4.98 Å². The van der Waals surface area contributed by atoms with Crippen LogP contribution in [0.15, 0.2) is 122 Å². The molecule has 214 valence electrons. The van der Waals surface area contributed by atoms with Crippen molar-refractivity contribution in [3.63, 3.8) is 0 Å². The number of fused-ring (bicyclic) bond motifs is 13. The van der Waals surface area contributed by atoms with Gasteiger partial charge in [0, 0.05) is 61.9 Å². The molecule has 0 unspecified atom stereocenters. The number of imidazole rings is 1. The summed E-state index contributed by atoms with van der Waals surface area (Å²) in [7, 11) is 0. The van der Waals surface area contributed by atoms with Gasteiger partial charge in [0.05, 0.1) is 15.9 Å². The molecule has 0 spiro atoms. The van der Waals surface area contributed by atoms with Crippen molar-refractivity contribution in [3.8, 4) is 17.2 Å². The number of nitrogens with zero attached hydrogens (tertiary/aromatic N) is 4. The van der Waals surface area contributed by atoms with Crippen molar-refractivity contribution in [1.82, 2.24) is 18.9 Å². The summed E-state index contributed by atoms with van der Waals surface area (Å²) in [5.74, 6) is 1.21. The van der Waals surface area contributed by atoms with Crippen molar-refractivity contribution >= 4 is 80.8 Å². The summed E-state index contributed by atoms with van der Waals surface area (Å²) in [6.07, 6.45) is 5.67. The van der Waals surface area contributed by atoms with Gasteiger partial charge >= 0.3 is 21.1 Å². The molecular weight excluding hydrogens is 756 g/mol. The van der Waals surface area contributed by atoms with E-state index in [4.69, 9.17) is 9.72 Å². The minimum Gasteiger partial charge on any atom is -0.503 e. The minimum absolute atomic E-state index is 0. The van der Waals surface area contributed by atoms with Crippen LogP contribution >= 0.6 is 11.3 Å². The zero-order valence-electron chi connectivity index (χ0n) is 23.5. The van der Waals surface area contributed by atoms with Crippen LogP contribution in [0.1, 0.15) is 0 Å². The van der Waals surface area contributed by atoms with Crippen molar-refractivity contribution < 1.29 is 25.8 Å². The van der Waals surface area contributed by atoms with Crippen molar-refractivity contribution in [1.29, 1.82) is 0 Å². The first kappa shape index (κ1) is 26.4. The molecule has 0 saturated carbocycles. The molecule has 0 N–H and O–H groups in total. The average molecular weight is 776 g/mol. The fourth-order valence-electron chi connectivity index (χ4n) is 6.61. The van der Waals surface area contributed by atoms with Crippen LogP contribution in [0.3, 0.4) is 0 Å². The SMILES string of the molecule is [Pt+2].[c-]1c(Oc2[c-]c3c(cc2)c2ccccc2n2ccnc32)cccc1-n1c2ncccc2c2ccc3c4ccccc4sc3c21. The maximum absolute atomic E-state index is 6.44. The molecule has 0 aliphatic rings. The second-order valence-corrected chi connectivity index (χ2v) is 12.0. The van der Waals surface area contributed by atoms with E-state index in [2.05, 4.69) is 105 Å². The molecule has 10 aromatic rings. The molecule has 5 heterocycles. The largest absolute Gasteiger partial charge is 2.00 e. The second-order valence-electron chi connectivity index (χ2n) is 10.9. The van der Waals surface area contributed by atoms with Crippen LogP contribution in [0, 0.1) is 12.1 Å². The fourth-order valence-corrected chi connectivity index (χ4v) is 7.85. The maximum Gasteiger partial charge on any atom is 2.00 e. The molecule has 0 radical (unpaired) electrons. The van der Waals surface area contributed by atoms with E-state index >= 15 is 0 Å². The van der Waals surface area contributed by atoms with Gasteiger partial charge in [-0.05, 0) is 29.7 Å². The van der Waals surface area contributed by atoms with Gasteiger partial charge in [0.25, 0.3) is 0 Å². The number of thiophene rings is 1. The van der Waals surface area contributed by atoms with Gasteiger partial charge in [-0.1, -0.05) is 71.1 Å². The Morgan fingerprint density at radius 3 is 2.33 bits per heavy atom.